The second kappa shape index (κ2) is 12.5. The summed E-state index contributed by atoms with van der Waals surface area (Å²) in [6.45, 7) is 8.74. The lowest BCUT2D eigenvalue weighted by atomic mass is 10.1. The van der Waals surface area contributed by atoms with E-state index in [1.165, 1.54) is 0 Å². The van der Waals surface area contributed by atoms with E-state index in [-0.39, 0.29) is 24.4 Å². The van der Waals surface area contributed by atoms with Crippen LogP contribution in [-0.4, -0.2) is 77.7 Å². The number of aromatic nitrogens is 2. The van der Waals surface area contributed by atoms with Crippen molar-refractivity contribution in [1.29, 1.82) is 0 Å². The average molecular weight is 516 g/mol. The number of anilines is 1. The third-order valence-electron chi connectivity index (χ3n) is 7.27. The molecule has 8 nitrogen and oxygen atoms in total. The van der Waals surface area contributed by atoms with E-state index in [1.54, 1.807) is 12.0 Å². The van der Waals surface area contributed by atoms with E-state index in [4.69, 9.17) is 4.74 Å². The number of methoxy groups -OCH3 is 1. The molecule has 0 N–H and O–H groups in total. The number of aryl methyl sites for hydroxylation is 1. The predicted octanol–water partition coefficient (Wildman–Crippen LogP) is 4.44. The fourth-order valence-corrected chi connectivity index (χ4v) is 4.67. The maximum atomic E-state index is 13.4. The molecule has 0 unspecified atom stereocenters. The first-order valence-corrected chi connectivity index (χ1v) is 13.3. The number of ether oxygens (including phenoxy) is 1. The number of amides is 2. The summed E-state index contributed by atoms with van der Waals surface area (Å²) in [5.41, 5.74) is 3.34. The van der Waals surface area contributed by atoms with E-state index in [0.29, 0.717) is 25.2 Å². The molecule has 0 radical (unpaired) electrons. The van der Waals surface area contributed by atoms with Gasteiger partial charge in [0.15, 0.2) is 5.82 Å². The number of hydrogen-bond acceptors (Lipinski definition) is 6. The molecule has 1 fully saturated rings. The van der Waals surface area contributed by atoms with Crippen molar-refractivity contribution < 1.29 is 14.3 Å². The summed E-state index contributed by atoms with van der Waals surface area (Å²) >= 11 is 0. The molecule has 1 aliphatic heterocycles. The highest BCUT2D eigenvalue weighted by Crippen LogP contribution is 2.22. The molecule has 200 valence electrons. The van der Waals surface area contributed by atoms with Gasteiger partial charge in [-0.05, 0) is 74.7 Å². The molecule has 1 atom stereocenters. The molecule has 0 spiro atoms. The molecular formula is C30H37N5O3. The normalized spacial score (nSPS) is 14.5. The first-order chi connectivity index (χ1) is 18.4. The zero-order valence-electron chi connectivity index (χ0n) is 22.8. The first-order valence-electron chi connectivity index (χ1n) is 13.3. The van der Waals surface area contributed by atoms with E-state index in [9.17, 15) is 9.59 Å². The number of carbonyl (C=O) groups excluding carboxylic acids is 2. The largest absolute Gasteiger partial charge is 0.497 e. The van der Waals surface area contributed by atoms with Crippen LogP contribution in [0.3, 0.4) is 0 Å². The van der Waals surface area contributed by atoms with Crippen LogP contribution in [0.2, 0.25) is 0 Å². The van der Waals surface area contributed by atoms with Gasteiger partial charge in [0.25, 0.3) is 5.91 Å². The van der Waals surface area contributed by atoms with Crippen LogP contribution in [0.5, 0.6) is 5.75 Å². The van der Waals surface area contributed by atoms with Crippen molar-refractivity contribution >= 4 is 17.6 Å². The quantitative estimate of drug-likeness (QED) is 0.441. The minimum Gasteiger partial charge on any atom is -0.497 e. The average Bonchev–Trinajstić information content (AvgIpc) is 3.22. The molecule has 2 aromatic carbocycles. The van der Waals surface area contributed by atoms with Crippen LogP contribution in [0.1, 0.15) is 42.6 Å². The number of nitrogens with zero attached hydrogens (tertiary/aromatic N) is 5. The van der Waals surface area contributed by atoms with Gasteiger partial charge in [-0.2, -0.15) is 0 Å². The minimum absolute atomic E-state index is 0.0185. The first kappa shape index (κ1) is 27.1. The Labute approximate surface area is 225 Å². The van der Waals surface area contributed by atoms with Gasteiger partial charge in [-0.15, -0.1) is 10.2 Å². The molecule has 1 aromatic heterocycles. The maximum Gasteiger partial charge on any atom is 0.254 e. The Morgan fingerprint density at radius 2 is 1.74 bits per heavy atom. The van der Waals surface area contributed by atoms with Crippen LogP contribution in [-0.2, 0) is 4.79 Å². The van der Waals surface area contributed by atoms with Gasteiger partial charge >= 0.3 is 0 Å². The van der Waals surface area contributed by atoms with Gasteiger partial charge in [0.1, 0.15) is 12.3 Å². The smallest absolute Gasteiger partial charge is 0.254 e. The van der Waals surface area contributed by atoms with Crippen molar-refractivity contribution in [2.24, 2.45) is 0 Å². The van der Waals surface area contributed by atoms with Gasteiger partial charge in [-0.25, -0.2) is 0 Å². The second-order valence-corrected chi connectivity index (χ2v) is 9.73. The van der Waals surface area contributed by atoms with Crippen LogP contribution < -0.4 is 9.64 Å². The van der Waals surface area contributed by atoms with E-state index in [2.05, 4.69) is 15.1 Å². The molecule has 0 aliphatic carbocycles. The topological polar surface area (TPSA) is 78.9 Å². The zero-order valence-corrected chi connectivity index (χ0v) is 22.8. The maximum absolute atomic E-state index is 13.4. The summed E-state index contributed by atoms with van der Waals surface area (Å²) in [7, 11) is 1.65. The molecule has 2 heterocycles. The SMILES string of the molecule is CC[C@@H](C)N(CC(=O)N1CCCN(c2ccc(-c3ccc(OC)cc3)nn2)CC1)C(=O)c1ccccc1C. The van der Waals surface area contributed by atoms with Crippen molar-refractivity contribution in [3.8, 4) is 17.0 Å². The number of carbonyl (C=O) groups is 2. The number of rotatable bonds is 8. The van der Waals surface area contributed by atoms with Crippen LogP contribution in [0.15, 0.2) is 60.7 Å². The third-order valence-corrected chi connectivity index (χ3v) is 7.27. The molecule has 0 saturated carbocycles. The minimum atomic E-state index is -0.0885. The molecule has 0 bridgehead atoms. The van der Waals surface area contributed by atoms with Gasteiger partial charge in [-0.1, -0.05) is 25.1 Å². The number of hydrogen-bond donors (Lipinski definition) is 0. The van der Waals surface area contributed by atoms with E-state index in [0.717, 1.165) is 47.8 Å². The van der Waals surface area contributed by atoms with Gasteiger partial charge in [0.05, 0.1) is 12.8 Å². The fraction of sp³-hybridized carbons (Fsp3) is 0.400. The van der Waals surface area contributed by atoms with Crippen molar-refractivity contribution in [3.05, 3.63) is 71.8 Å². The summed E-state index contributed by atoms with van der Waals surface area (Å²) < 4.78 is 5.23. The summed E-state index contributed by atoms with van der Waals surface area (Å²) in [5, 5.41) is 8.90. The third kappa shape index (κ3) is 6.30. The highest BCUT2D eigenvalue weighted by molar-refractivity contribution is 5.98. The van der Waals surface area contributed by atoms with Gasteiger partial charge in [0.2, 0.25) is 5.91 Å². The van der Waals surface area contributed by atoms with Gasteiger partial charge in [-0.3, -0.25) is 9.59 Å². The molecule has 2 amide bonds. The molecule has 38 heavy (non-hydrogen) atoms. The lowest BCUT2D eigenvalue weighted by molar-refractivity contribution is -0.132. The molecule has 1 saturated heterocycles. The van der Waals surface area contributed by atoms with Crippen molar-refractivity contribution in [2.75, 3.05) is 44.7 Å². The van der Waals surface area contributed by atoms with Crippen LogP contribution in [0.4, 0.5) is 5.82 Å². The summed E-state index contributed by atoms with van der Waals surface area (Å²) in [5.74, 6) is 1.49. The lowest BCUT2D eigenvalue weighted by Gasteiger charge is -2.31. The summed E-state index contributed by atoms with van der Waals surface area (Å²) in [4.78, 5) is 32.5. The summed E-state index contributed by atoms with van der Waals surface area (Å²) in [6.07, 6.45) is 1.60. The molecule has 4 rings (SSSR count). The molecule has 3 aromatic rings. The summed E-state index contributed by atoms with van der Waals surface area (Å²) in [6, 6.07) is 19.2. The van der Waals surface area contributed by atoms with Gasteiger partial charge < -0.3 is 19.4 Å². The standard InChI is InChI=1S/C30H37N5O3/c1-5-23(3)35(30(37)26-10-7-6-9-22(26)2)21-29(36)34-18-8-17-33(19-20-34)28-16-15-27(31-32-28)24-11-13-25(38-4)14-12-24/h6-7,9-16,23H,5,8,17-21H2,1-4H3/t23-/m1/s1. The zero-order chi connectivity index (χ0) is 27.1. The highest BCUT2D eigenvalue weighted by atomic mass is 16.5. The predicted molar refractivity (Wildman–Crippen MR) is 149 cm³/mol. The number of benzene rings is 2. The van der Waals surface area contributed by atoms with E-state index in [1.807, 2.05) is 86.3 Å². The molecule has 1 aliphatic rings. The monoisotopic (exact) mass is 515 g/mol. The van der Waals surface area contributed by atoms with Crippen molar-refractivity contribution in [1.82, 2.24) is 20.0 Å². The Bertz CT molecular complexity index is 1230. The Kier molecular flexibility index (Phi) is 8.94. The van der Waals surface area contributed by atoms with Gasteiger partial charge in [0, 0.05) is 43.3 Å². The fourth-order valence-electron chi connectivity index (χ4n) is 4.67. The van der Waals surface area contributed by atoms with Crippen LogP contribution in [0.25, 0.3) is 11.3 Å². The van der Waals surface area contributed by atoms with Crippen LogP contribution >= 0.6 is 0 Å². The van der Waals surface area contributed by atoms with Crippen molar-refractivity contribution in [2.45, 2.75) is 39.7 Å². The van der Waals surface area contributed by atoms with E-state index >= 15 is 0 Å². The van der Waals surface area contributed by atoms with E-state index < -0.39 is 0 Å². The van der Waals surface area contributed by atoms with Crippen LogP contribution in [0, 0.1) is 6.92 Å². The molecule has 8 heteroatoms. The Morgan fingerprint density at radius 3 is 2.39 bits per heavy atom. The molecular weight excluding hydrogens is 478 g/mol. The second-order valence-electron chi connectivity index (χ2n) is 9.73. The Hall–Kier alpha value is -3.94. The highest BCUT2D eigenvalue weighted by Gasteiger charge is 2.27. The Balaban J connectivity index is 1.39. The van der Waals surface area contributed by atoms with Crippen molar-refractivity contribution in [3.63, 3.8) is 0 Å². The Morgan fingerprint density at radius 1 is 0.974 bits per heavy atom. The lowest BCUT2D eigenvalue weighted by Crippen LogP contribution is -2.47.